The Hall–Kier alpha value is -2.18. The van der Waals surface area contributed by atoms with E-state index in [0.29, 0.717) is 19.1 Å². The van der Waals surface area contributed by atoms with E-state index >= 15 is 0 Å². The number of piperidine rings is 1. The fourth-order valence-electron chi connectivity index (χ4n) is 5.68. The summed E-state index contributed by atoms with van der Waals surface area (Å²) in [5.74, 6) is 0.852. The lowest BCUT2D eigenvalue weighted by atomic mass is 9.89. The van der Waals surface area contributed by atoms with Crippen molar-refractivity contribution in [3.63, 3.8) is 0 Å². The Morgan fingerprint density at radius 3 is 2.38 bits per heavy atom. The molecule has 0 bridgehead atoms. The second kappa shape index (κ2) is 9.36. The van der Waals surface area contributed by atoms with E-state index in [1.54, 1.807) is 0 Å². The zero-order valence-electron chi connectivity index (χ0n) is 19.0. The van der Waals surface area contributed by atoms with E-state index < -0.39 is 0 Å². The van der Waals surface area contributed by atoms with E-state index in [9.17, 15) is 9.59 Å². The smallest absolute Gasteiger partial charge is 0.228 e. The quantitative estimate of drug-likeness (QED) is 0.710. The standard InChI is InChI=1S/C26H35N3O3/c30-24(22-8-18-32-20-22)28-12-9-26(10-13-28)19-23(26)25(31)29-16-14-27(15-17-29)11-4-7-21-5-2-1-3-6-21/h1-7,22-23H,8-20H2/b7-4+/t22-,23+/m0/s1. The van der Waals surface area contributed by atoms with E-state index in [4.69, 9.17) is 4.74 Å². The maximum atomic E-state index is 13.2. The molecule has 0 radical (unpaired) electrons. The first-order valence-electron chi connectivity index (χ1n) is 12.2. The van der Waals surface area contributed by atoms with E-state index in [1.165, 1.54) is 5.56 Å². The van der Waals surface area contributed by atoms with Crippen molar-refractivity contribution in [3.8, 4) is 0 Å². The van der Waals surface area contributed by atoms with Crippen LogP contribution in [0.5, 0.6) is 0 Å². The summed E-state index contributed by atoms with van der Waals surface area (Å²) in [5, 5.41) is 0. The molecule has 32 heavy (non-hydrogen) atoms. The molecule has 6 nitrogen and oxygen atoms in total. The second-order valence-corrected chi connectivity index (χ2v) is 9.94. The van der Waals surface area contributed by atoms with Gasteiger partial charge in [-0.15, -0.1) is 0 Å². The molecule has 1 aromatic rings. The molecule has 1 saturated carbocycles. The second-order valence-electron chi connectivity index (χ2n) is 9.94. The summed E-state index contributed by atoms with van der Waals surface area (Å²) in [6.45, 7) is 7.37. The van der Waals surface area contributed by atoms with Crippen LogP contribution in [0.4, 0.5) is 0 Å². The third-order valence-corrected chi connectivity index (χ3v) is 8.00. The summed E-state index contributed by atoms with van der Waals surface area (Å²) >= 11 is 0. The predicted molar refractivity (Wildman–Crippen MR) is 124 cm³/mol. The monoisotopic (exact) mass is 437 g/mol. The third kappa shape index (κ3) is 4.62. The molecule has 172 valence electrons. The number of amides is 2. The van der Waals surface area contributed by atoms with Crippen molar-refractivity contribution in [1.82, 2.24) is 14.7 Å². The SMILES string of the molecule is O=C([C@H]1CCOC1)N1CCC2(CC1)C[C@@H]2C(=O)N1CCN(C/C=C/c2ccccc2)CC1. The molecular weight excluding hydrogens is 402 g/mol. The lowest BCUT2D eigenvalue weighted by Gasteiger charge is -2.36. The summed E-state index contributed by atoms with van der Waals surface area (Å²) in [4.78, 5) is 32.3. The molecule has 0 N–H and O–H groups in total. The van der Waals surface area contributed by atoms with Gasteiger partial charge in [-0.1, -0.05) is 42.5 Å². The Morgan fingerprint density at radius 2 is 1.69 bits per heavy atom. The Labute approximate surface area is 191 Å². The van der Waals surface area contributed by atoms with E-state index in [2.05, 4.69) is 46.2 Å². The van der Waals surface area contributed by atoms with E-state index in [0.717, 1.165) is 71.5 Å². The van der Waals surface area contributed by atoms with Crippen LogP contribution in [-0.4, -0.2) is 85.5 Å². The molecule has 3 saturated heterocycles. The van der Waals surface area contributed by atoms with Gasteiger partial charge in [-0.25, -0.2) is 0 Å². The number of likely N-dealkylation sites (tertiary alicyclic amines) is 1. The summed E-state index contributed by atoms with van der Waals surface area (Å²) in [6.07, 6.45) is 8.22. The number of carbonyl (C=O) groups is 2. The maximum absolute atomic E-state index is 13.2. The molecule has 0 unspecified atom stereocenters. The fourth-order valence-corrected chi connectivity index (χ4v) is 5.68. The third-order valence-electron chi connectivity index (χ3n) is 8.00. The molecule has 4 fully saturated rings. The van der Waals surface area contributed by atoms with Crippen molar-refractivity contribution in [2.24, 2.45) is 17.3 Å². The highest BCUT2D eigenvalue weighted by Crippen LogP contribution is 2.60. The molecular formula is C26H35N3O3. The number of hydrogen-bond donors (Lipinski definition) is 0. The number of nitrogens with zero attached hydrogens (tertiary/aromatic N) is 3. The molecule has 3 heterocycles. The van der Waals surface area contributed by atoms with Gasteiger partial charge in [0.15, 0.2) is 0 Å². The van der Waals surface area contributed by atoms with Crippen LogP contribution in [0, 0.1) is 17.3 Å². The van der Waals surface area contributed by atoms with Gasteiger partial charge in [0.2, 0.25) is 11.8 Å². The predicted octanol–water partition coefficient (Wildman–Crippen LogP) is 2.51. The highest BCUT2D eigenvalue weighted by atomic mass is 16.5. The van der Waals surface area contributed by atoms with Crippen molar-refractivity contribution in [1.29, 1.82) is 0 Å². The van der Waals surface area contributed by atoms with Gasteiger partial charge < -0.3 is 14.5 Å². The number of rotatable bonds is 5. The average molecular weight is 438 g/mol. The lowest BCUT2D eigenvalue weighted by molar-refractivity contribution is -0.137. The largest absolute Gasteiger partial charge is 0.381 e. The van der Waals surface area contributed by atoms with Gasteiger partial charge in [-0.3, -0.25) is 14.5 Å². The normalized spacial score (nSPS) is 27.9. The zero-order valence-corrected chi connectivity index (χ0v) is 19.0. The summed E-state index contributed by atoms with van der Waals surface area (Å²) in [7, 11) is 0. The fraction of sp³-hybridized carbons (Fsp3) is 0.615. The number of piperazine rings is 1. The van der Waals surface area contributed by atoms with Crippen LogP contribution in [0.2, 0.25) is 0 Å². The first-order chi connectivity index (χ1) is 15.6. The first kappa shape index (κ1) is 21.7. The van der Waals surface area contributed by atoms with Crippen molar-refractivity contribution in [2.45, 2.75) is 25.7 Å². The number of carbonyl (C=O) groups excluding carboxylic acids is 2. The summed E-state index contributed by atoms with van der Waals surface area (Å²) in [5.41, 5.74) is 1.39. The highest BCUT2D eigenvalue weighted by molar-refractivity contribution is 5.83. The van der Waals surface area contributed by atoms with Gasteiger partial charge in [0.1, 0.15) is 0 Å². The Bertz CT molecular complexity index is 833. The van der Waals surface area contributed by atoms with Crippen molar-refractivity contribution in [3.05, 3.63) is 42.0 Å². The van der Waals surface area contributed by atoms with Gasteiger partial charge in [0, 0.05) is 58.3 Å². The molecule has 0 aromatic heterocycles. The van der Waals surface area contributed by atoms with Crippen LogP contribution >= 0.6 is 0 Å². The Morgan fingerprint density at radius 1 is 0.969 bits per heavy atom. The molecule has 1 aliphatic carbocycles. The van der Waals surface area contributed by atoms with Crippen LogP contribution < -0.4 is 0 Å². The van der Waals surface area contributed by atoms with Crippen LogP contribution in [-0.2, 0) is 14.3 Å². The van der Waals surface area contributed by atoms with E-state index in [-0.39, 0.29) is 23.2 Å². The first-order valence-corrected chi connectivity index (χ1v) is 12.2. The van der Waals surface area contributed by atoms with Gasteiger partial charge in [0.05, 0.1) is 12.5 Å². The Balaban J connectivity index is 1.05. The van der Waals surface area contributed by atoms with Crippen LogP contribution in [0.25, 0.3) is 6.08 Å². The van der Waals surface area contributed by atoms with Gasteiger partial charge in [0.25, 0.3) is 0 Å². The van der Waals surface area contributed by atoms with Crippen LogP contribution in [0.1, 0.15) is 31.2 Å². The number of benzene rings is 1. The summed E-state index contributed by atoms with van der Waals surface area (Å²) in [6, 6.07) is 10.4. The van der Waals surface area contributed by atoms with Crippen molar-refractivity contribution >= 4 is 17.9 Å². The molecule has 3 aliphatic heterocycles. The minimum absolute atomic E-state index is 0.0551. The topological polar surface area (TPSA) is 53.1 Å². The van der Waals surface area contributed by atoms with Crippen molar-refractivity contribution < 1.29 is 14.3 Å². The van der Waals surface area contributed by atoms with Gasteiger partial charge >= 0.3 is 0 Å². The van der Waals surface area contributed by atoms with E-state index in [1.807, 2.05) is 11.0 Å². The number of ether oxygens (including phenoxy) is 1. The molecule has 6 heteroatoms. The molecule has 4 aliphatic rings. The molecule has 2 amide bonds. The minimum atomic E-state index is 0.0551. The Kier molecular flexibility index (Phi) is 6.33. The molecule has 5 rings (SSSR count). The maximum Gasteiger partial charge on any atom is 0.228 e. The molecule has 1 spiro atoms. The van der Waals surface area contributed by atoms with Crippen LogP contribution in [0.3, 0.4) is 0 Å². The highest BCUT2D eigenvalue weighted by Gasteiger charge is 2.59. The molecule has 2 atom stereocenters. The number of hydrogen-bond acceptors (Lipinski definition) is 4. The van der Waals surface area contributed by atoms with Gasteiger partial charge in [-0.2, -0.15) is 0 Å². The van der Waals surface area contributed by atoms with Crippen molar-refractivity contribution in [2.75, 3.05) is 59.0 Å². The average Bonchev–Trinajstić information content (AvgIpc) is 3.26. The lowest BCUT2D eigenvalue weighted by Crippen LogP contribution is -2.50. The van der Waals surface area contributed by atoms with Crippen LogP contribution in [0.15, 0.2) is 36.4 Å². The zero-order chi connectivity index (χ0) is 22.0. The minimum Gasteiger partial charge on any atom is -0.381 e. The molecule has 1 aromatic carbocycles. The summed E-state index contributed by atoms with van der Waals surface area (Å²) < 4.78 is 5.38. The van der Waals surface area contributed by atoms with Gasteiger partial charge in [-0.05, 0) is 36.7 Å².